The molecule has 0 radical (unpaired) electrons. The number of nitrogens with zero attached hydrogens (tertiary/aromatic N) is 3. The number of esters is 1. The molecule has 0 aromatic heterocycles. The average Bonchev–Trinajstić information content (AvgIpc) is 3.27. The Morgan fingerprint density at radius 2 is 2.09 bits per heavy atom. The van der Waals surface area contributed by atoms with E-state index in [0.717, 1.165) is 67.0 Å². The van der Waals surface area contributed by atoms with E-state index in [-0.39, 0.29) is 24.3 Å². The number of rotatable bonds is 9. The van der Waals surface area contributed by atoms with Crippen LogP contribution in [-0.4, -0.2) is 73.3 Å². The maximum atomic E-state index is 12.9. The number of hydrogen-bond acceptors (Lipinski definition) is 8. The summed E-state index contributed by atoms with van der Waals surface area (Å²) in [7, 11) is 1.40. The zero-order valence-corrected chi connectivity index (χ0v) is 21.5. The van der Waals surface area contributed by atoms with E-state index < -0.39 is 0 Å². The number of amidine groups is 1. The number of benzene rings is 1. The van der Waals surface area contributed by atoms with Gasteiger partial charge in [-0.05, 0) is 37.3 Å². The quantitative estimate of drug-likeness (QED) is 0.413. The minimum absolute atomic E-state index is 0.0343. The van der Waals surface area contributed by atoms with Gasteiger partial charge in [-0.1, -0.05) is 48.5 Å². The Labute approximate surface area is 211 Å². The van der Waals surface area contributed by atoms with Crippen LogP contribution < -0.4 is 5.32 Å². The molecule has 0 saturated carbocycles. The Morgan fingerprint density at radius 1 is 1.29 bits per heavy atom. The lowest BCUT2D eigenvalue weighted by Crippen LogP contribution is -2.39. The van der Waals surface area contributed by atoms with Crippen LogP contribution in [0.3, 0.4) is 0 Å². The third-order valence-electron chi connectivity index (χ3n) is 6.41. The Morgan fingerprint density at radius 3 is 2.80 bits per heavy atom. The summed E-state index contributed by atoms with van der Waals surface area (Å²) in [6.07, 6.45) is 1.74. The number of aryl methyl sites for hydroxylation is 1. The minimum Gasteiger partial charge on any atom is -0.466 e. The van der Waals surface area contributed by atoms with E-state index >= 15 is 0 Å². The number of carbonyl (C=O) groups is 2. The Bertz CT molecular complexity index is 1050. The molecule has 1 fully saturated rings. The highest BCUT2D eigenvalue weighted by molar-refractivity contribution is 8.16. The summed E-state index contributed by atoms with van der Waals surface area (Å²) in [4.78, 5) is 35.0. The van der Waals surface area contributed by atoms with Crippen molar-refractivity contribution in [2.75, 3.05) is 46.5 Å². The molecule has 1 aromatic rings. The summed E-state index contributed by atoms with van der Waals surface area (Å²) >= 11 is 1.50. The van der Waals surface area contributed by atoms with Gasteiger partial charge in [0.2, 0.25) is 5.91 Å². The van der Waals surface area contributed by atoms with Gasteiger partial charge in [-0.2, -0.15) is 0 Å². The van der Waals surface area contributed by atoms with Gasteiger partial charge in [0.15, 0.2) is 5.17 Å². The summed E-state index contributed by atoms with van der Waals surface area (Å²) in [5.41, 5.74) is 4.17. The molecule has 35 heavy (non-hydrogen) atoms. The van der Waals surface area contributed by atoms with Gasteiger partial charge in [-0.3, -0.25) is 9.69 Å². The van der Waals surface area contributed by atoms with E-state index in [4.69, 9.17) is 14.5 Å². The number of methoxy groups -OCH3 is 1. The minimum atomic E-state index is -0.389. The SMILES string of the molecule is CCC1=C(C(=O)OC)C(c2cccc(C)c2)N2C(CC(=O)NCCCN3CCOCC3)=CSC2=N1. The predicted octanol–water partition coefficient (Wildman–Crippen LogP) is 3.36. The summed E-state index contributed by atoms with van der Waals surface area (Å²) in [6, 6.07) is 7.73. The van der Waals surface area contributed by atoms with Crippen molar-refractivity contribution >= 4 is 28.8 Å². The highest BCUT2D eigenvalue weighted by Gasteiger charge is 2.41. The van der Waals surface area contributed by atoms with Crippen molar-refractivity contribution < 1.29 is 19.1 Å². The molecule has 1 aromatic carbocycles. The predicted molar refractivity (Wildman–Crippen MR) is 138 cm³/mol. The topological polar surface area (TPSA) is 83.5 Å². The molecule has 3 heterocycles. The lowest BCUT2D eigenvalue weighted by molar-refractivity contribution is -0.136. The van der Waals surface area contributed by atoms with Gasteiger partial charge in [0.05, 0.1) is 44.1 Å². The third-order valence-corrected chi connectivity index (χ3v) is 7.29. The first kappa shape index (κ1) is 25.5. The number of ether oxygens (including phenoxy) is 2. The molecule has 3 aliphatic rings. The van der Waals surface area contributed by atoms with Gasteiger partial charge in [0.1, 0.15) is 0 Å². The molecular formula is C26H34N4O4S. The van der Waals surface area contributed by atoms with Crippen molar-refractivity contribution in [2.24, 2.45) is 4.99 Å². The number of hydrogen-bond donors (Lipinski definition) is 1. The molecule has 0 aliphatic carbocycles. The Balaban J connectivity index is 1.48. The van der Waals surface area contributed by atoms with Crippen molar-refractivity contribution in [3.8, 4) is 0 Å². The van der Waals surface area contributed by atoms with Gasteiger partial charge in [0, 0.05) is 25.3 Å². The highest BCUT2D eigenvalue weighted by atomic mass is 32.2. The van der Waals surface area contributed by atoms with Crippen LogP contribution >= 0.6 is 11.8 Å². The molecule has 0 bridgehead atoms. The maximum absolute atomic E-state index is 12.9. The molecule has 1 N–H and O–H groups in total. The van der Waals surface area contributed by atoms with Gasteiger partial charge in [0.25, 0.3) is 0 Å². The zero-order chi connectivity index (χ0) is 24.8. The highest BCUT2D eigenvalue weighted by Crippen LogP contribution is 2.45. The molecule has 3 aliphatic heterocycles. The largest absolute Gasteiger partial charge is 0.466 e. The maximum Gasteiger partial charge on any atom is 0.338 e. The molecule has 1 amide bonds. The molecule has 1 atom stereocenters. The second-order valence-electron chi connectivity index (χ2n) is 8.85. The van der Waals surface area contributed by atoms with Crippen LogP contribution in [-0.2, 0) is 19.1 Å². The zero-order valence-electron chi connectivity index (χ0n) is 20.7. The number of aliphatic imine (C=N–C) groups is 1. The van der Waals surface area contributed by atoms with E-state index in [0.29, 0.717) is 18.5 Å². The fourth-order valence-corrected chi connectivity index (χ4v) is 5.59. The molecule has 0 spiro atoms. The normalized spacial score (nSPS) is 20.3. The van der Waals surface area contributed by atoms with Gasteiger partial charge in [-0.25, -0.2) is 9.79 Å². The summed E-state index contributed by atoms with van der Waals surface area (Å²) in [5.74, 6) is -0.423. The number of amides is 1. The van der Waals surface area contributed by atoms with Crippen LogP contribution in [0.1, 0.15) is 43.4 Å². The van der Waals surface area contributed by atoms with Crippen LogP contribution in [0, 0.1) is 6.92 Å². The second kappa shape index (κ2) is 11.9. The van der Waals surface area contributed by atoms with Crippen LogP contribution in [0.25, 0.3) is 0 Å². The number of nitrogens with one attached hydrogen (secondary N) is 1. The number of carbonyl (C=O) groups excluding carboxylic acids is 2. The fourth-order valence-electron chi connectivity index (χ4n) is 4.65. The first-order valence-electron chi connectivity index (χ1n) is 12.2. The first-order chi connectivity index (χ1) is 17.0. The monoisotopic (exact) mass is 498 g/mol. The van der Waals surface area contributed by atoms with Crippen LogP contribution in [0.15, 0.2) is 51.6 Å². The molecule has 188 valence electrons. The van der Waals surface area contributed by atoms with Crippen LogP contribution in [0.4, 0.5) is 0 Å². The molecule has 4 rings (SSSR count). The van der Waals surface area contributed by atoms with Crippen molar-refractivity contribution in [1.82, 2.24) is 15.1 Å². The van der Waals surface area contributed by atoms with Crippen LogP contribution in [0.5, 0.6) is 0 Å². The van der Waals surface area contributed by atoms with E-state index in [2.05, 4.69) is 16.3 Å². The lowest BCUT2D eigenvalue weighted by Gasteiger charge is -2.36. The second-order valence-corrected chi connectivity index (χ2v) is 9.68. The number of fused-ring (bicyclic) bond motifs is 1. The molecule has 1 unspecified atom stereocenters. The smallest absolute Gasteiger partial charge is 0.338 e. The van der Waals surface area contributed by atoms with Crippen molar-refractivity contribution in [2.45, 2.75) is 39.2 Å². The average molecular weight is 499 g/mol. The molecule has 9 heteroatoms. The Kier molecular flexibility index (Phi) is 8.64. The lowest BCUT2D eigenvalue weighted by atomic mass is 9.92. The summed E-state index contributed by atoms with van der Waals surface area (Å²) in [6.45, 7) is 9.06. The molecule has 8 nitrogen and oxygen atoms in total. The van der Waals surface area contributed by atoms with E-state index in [1.54, 1.807) is 0 Å². The van der Waals surface area contributed by atoms with Crippen LogP contribution in [0.2, 0.25) is 0 Å². The molecular weight excluding hydrogens is 464 g/mol. The standard InChI is InChI=1S/C26H34N4O4S/c1-4-21-23(25(32)33-3)24(19-8-5-7-18(2)15-19)30-20(17-35-26(30)28-21)16-22(31)27-9-6-10-29-11-13-34-14-12-29/h5,7-8,15,17,24H,4,6,9-14,16H2,1-3H3,(H,27,31). The summed E-state index contributed by atoms with van der Waals surface area (Å²) in [5, 5.41) is 5.82. The van der Waals surface area contributed by atoms with Crippen molar-refractivity contribution in [3.05, 3.63) is 57.8 Å². The first-order valence-corrected chi connectivity index (χ1v) is 13.1. The summed E-state index contributed by atoms with van der Waals surface area (Å²) < 4.78 is 10.6. The van der Waals surface area contributed by atoms with E-state index in [1.807, 2.05) is 42.4 Å². The number of morpholine rings is 1. The number of allylic oxidation sites excluding steroid dienone is 1. The van der Waals surface area contributed by atoms with E-state index in [9.17, 15) is 9.59 Å². The Hall–Kier alpha value is -2.62. The van der Waals surface area contributed by atoms with Crippen molar-refractivity contribution in [3.63, 3.8) is 0 Å². The number of thioether (sulfide) groups is 1. The van der Waals surface area contributed by atoms with Crippen molar-refractivity contribution in [1.29, 1.82) is 0 Å². The third kappa shape index (κ3) is 5.97. The van der Waals surface area contributed by atoms with Gasteiger partial charge in [-0.15, -0.1) is 0 Å². The molecule has 1 saturated heterocycles. The van der Waals surface area contributed by atoms with Gasteiger partial charge < -0.3 is 19.7 Å². The van der Waals surface area contributed by atoms with Gasteiger partial charge >= 0.3 is 5.97 Å². The fraction of sp³-hybridized carbons (Fsp3) is 0.500. The van der Waals surface area contributed by atoms with E-state index in [1.165, 1.54) is 18.9 Å².